The molecule has 1 aliphatic heterocycles. The summed E-state index contributed by atoms with van der Waals surface area (Å²) in [6.45, 7) is 1.86. The van der Waals surface area contributed by atoms with Crippen molar-refractivity contribution in [1.82, 2.24) is 4.90 Å². The van der Waals surface area contributed by atoms with Crippen LogP contribution in [0, 0.1) is 6.92 Å². The van der Waals surface area contributed by atoms with Crippen molar-refractivity contribution in [1.29, 1.82) is 0 Å². The number of likely N-dealkylation sites (N-methyl/N-ethyl adjacent to an activating group) is 1. The van der Waals surface area contributed by atoms with Gasteiger partial charge in [-0.15, -0.1) is 0 Å². The van der Waals surface area contributed by atoms with E-state index in [-0.39, 0.29) is 18.4 Å². The molecule has 0 spiro atoms. The van der Waals surface area contributed by atoms with Gasteiger partial charge in [-0.25, -0.2) is 0 Å². The molecule has 28 heavy (non-hydrogen) atoms. The number of aliphatic imine (C=N–C) groups is 1. The zero-order valence-electron chi connectivity index (χ0n) is 15.9. The number of amides is 2. The summed E-state index contributed by atoms with van der Waals surface area (Å²) < 4.78 is 5.70. The summed E-state index contributed by atoms with van der Waals surface area (Å²) in [5.74, 6) is 0.169. The summed E-state index contributed by atoms with van der Waals surface area (Å²) in [5.41, 5.74) is 2.57. The van der Waals surface area contributed by atoms with Crippen LogP contribution in [0.2, 0.25) is 0 Å². The first-order valence-corrected chi connectivity index (χ1v) is 9.52. The second-order valence-corrected chi connectivity index (χ2v) is 7.23. The van der Waals surface area contributed by atoms with Crippen molar-refractivity contribution in [2.45, 2.75) is 6.92 Å². The lowest BCUT2D eigenvalue weighted by molar-refractivity contribution is -0.121. The molecule has 1 heterocycles. The Morgan fingerprint density at radius 2 is 1.93 bits per heavy atom. The van der Waals surface area contributed by atoms with Gasteiger partial charge >= 0.3 is 0 Å². The molecule has 2 amide bonds. The van der Waals surface area contributed by atoms with Crippen LogP contribution in [0.1, 0.15) is 11.1 Å². The van der Waals surface area contributed by atoms with Gasteiger partial charge in [-0.05, 0) is 43.0 Å². The second-order valence-electron chi connectivity index (χ2n) is 6.22. The number of thioether (sulfide) groups is 1. The minimum atomic E-state index is -0.252. The van der Waals surface area contributed by atoms with Crippen LogP contribution in [0.4, 0.5) is 5.69 Å². The van der Waals surface area contributed by atoms with Crippen molar-refractivity contribution in [2.75, 3.05) is 26.0 Å². The molecule has 0 saturated carbocycles. The average molecular weight is 395 g/mol. The summed E-state index contributed by atoms with van der Waals surface area (Å²) in [6, 6.07) is 14.8. The van der Waals surface area contributed by atoms with Crippen LogP contribution in [0.3, 0.4) is 0 Å². The highest BCUT2D eigenvalue weighted by atomic mass is 32.2. The Morgan fingerprint density at radius 1 is 1.21 bits per heavy atom. The van der Waals surface area contributed by atoms with Crippen LogP contribution < -0.4 is 10.1 Å². The Labute approximate surface area is 168 Å². The highest BCUT2D eigenvalue weighted by Gasteiger charge is 2.29. The van der Waals surface area contributed by atoms with Gasteiger partial charge in [0.15, 0.2) is 11.8 Å². The van der Waals surface area contributed by atoms with E-state index >= 15 is 0 Å². The van der Waals surface area contributed by atoms with Gasteiger partial charge in [-0.1, -0.05) is 35.9 Å². The van der Waals surface area contributed by atoms with E-state index in [1.54, 1.807) is 26.2 Å². The van der Waals surface area contributed by atoms with Crippen LogP contribution in [-0.2, 0) is 9.59 Å². The maximum atomic E-state index is 12.3. The number of carbonyl (C=O) groups is 2. The van der Waals surface area contributed by atoms with Crippen LogP contribution in [0.15, 0.2) is 58.4 Å². The molecule has 2 aromatic carbocycles. The van der Waals surface area contributed by atoms with Gasteiger partial charge in [-0.2, -0.15) is 0 Å². The van der Waals surface area contributed by atoms with E-state index in [2.05, 4.69) is 10.3 Å². The molecule has 1 aliphatic rings. The minimum absolute atomic E-state index is 0.113. The largest absolute Gasteiger partial charge is 0.483 e. The summed E-state index contributed by atoms with van der Waals surface area (Å²) in [7, 11) is 3.34. The van der Waals surface area contributed by atoms with Crippen LogP contribution >= 0.6 is 11.8 Å². The lowest BCUT2D eigenvalue weighted by Gasteiger charge is -2.10. The minimum Gasteiger partial charge on any atom is -0.483 e. The summed E-state index contributed by atoms with van der Waals surface area (Å²) in [5, 5.41) is 3.44. The van der Waals surface area contributed by atoms with Crippen molar-refractivity contribution in [2.24, 2.45) is 4.99 Å². The molecule has 6 nitrogen and oxygen atoms in total. The maximum absolute atomic E-state index is 12.3. The molecule has 1 saturated heterocycles. The van der Waals surface area contributed by atoms with Gasteiger partial charge in [0, 0.05) is 25.3 Å². The average Bonchev–Trinajstić information content (AvgIpc) is 2.97. The maximum Gasteiger partial charge on any atom is 0.266 e. The van der Waals surface area contributed by atoms with E-state index in [4.69, 9.17) is 4.74 Å². The SMILES string of the molecule is CN=C1SC(=Cc2ccccc2OCC(=O)Nc2ccc(C)cc2)C(=O)N1C. The molecule has 0 aliphatic carbocycles. The fourth-order valence-corrected chi connectivity index (χ4v) is 3.52. The van der Waals surface area contributed by atoms with E-state index in [0.717, 1.165) is 16.8 Å². The summed E-state index contributed by atoms with van der Waals surface area (Å²) in [4.78, 5) is 30.7. The molecule has 2 aromatic rings. The van der Waals surface area contributed by atoms with Crippen LogP contribution in [-0.4, -0.2) is 42.6 Å². The van der Waals surface area contributed by atoms with Crippen molar-refractivity contribution >= 4 is 40.5 Å². The normalized spacial score (nSPS) is 16.7. The third-order valence-corrected chi connectivity index (χ3v) is 5.25. The van der Waals surface area contributed by atoms with Gasteiger partial charge in [0.1, 0.15) is 5.75 Å². The molecule has 0 radical (unpaired) electrons. The fourth-order valence-electron chi connectivity index (χ4n) is 2.60. The number of benzene rings is 2. The van der Waals surface area contributed by atoms with Crippen LogP contribution in [0.5, 0.6) is 5.75 Å². The molecule has 0 aromatic heterocycles. The zero-order chi connectivity index (χ0) is 20.1. The highest BCUT2D eigenvalue weighted by Crippen LogP contribution is 2.33. The highest BCUT2D eigenvalue weighted by molar-refractivity contribution is 8.18. The Balaban J connectivity index is 1.69. The van der Waals surface area contributed by atoms with Gasteiger partial charge in [-0.3, -0.25) is 19.5 Å². The Morgan fingerprint density at radius 3 is 2.61 bits per heavy atom. The molecule has 0 atom stereocenters. The van der Waals surface area contributed by atoms with Gasteiger partial charge in [0.25, 0.3) is 11.8 Å². The summed E-state index contributed by atoms with van der Waals surface area (Å²) in [6.07, 6.45) is 1.76. The molecule has 7 heteroatoms. The van der Waals surface area contributed by atoms with Crippen molar-refractivity contribution in [3.8, 4) is 5.75 Å². The molecule has 1 N–H and O–H groups in total. The van der Waals surface area contributed by atoms with Crippen LogP contribution in [0.25, 0.3) is 6.08 Å². The Hall–Kier alpha value is -3.06. The van der Waals surface area contributed by atoms with E-state index in [1.807, 2.05) is 49.4 Å². The van der Waals surface area contributed by atoms with Crippen molar-refractivity contribution in [3.63, 3.8) is 0 Å². The topological polar surface area (TPSA) is 71.0 Å². The quantitative estimate of drug-likeness (QED) is 0.786. The number of ether oxygens (including phenoxy) is 1. The fraction of sp³-hybridized carbons (Fsp3) is 0.190. The van der Waals surface area contributed by atoms with Gasteiger partial charge in [0.2, 0.25) is 0 Å². The first-order chi connectivity index (χ1) is 13.5. The smallest absolute Gasteiger partial charge is 0.266 e. The number of hydrogen-bond acceptors (Lipinski definition) is 5. The van der Waals surface area contributed by atoms with E-state index in [0.29, 0.717) is 15.8 Å². The van der Waals surface area contributed by atoms with Crippen molar-refractivity contribution in [3.05, 3.63) is 64.6 Å². The zero-order valence-corrected chi connectivity index (χ0v) is 16.7. The molecule has 144 valence electrons. The second kappa shape index (κ2) is 8.75. The number of anilines is 1. The molecular formula is C21H21N3O3S. The Bertz CT molecular complexity index is 952. The molecule has 3 rings (SSSR count). The predicted octanol–water partition coefficient (Wildman–Crippen LogP) is 3.54. The monoisotopic (exact) mass is 395 g/mol. The number of nitrogens with zero attached hydrogens (tertiary/aromatic N) is 2. The molecular weight excluding hydrogens is 374 g/mol. The Kier molecular flexibility index (Phi) is 6.16. The first kappa shape index (κ1) is 19.7. The lowest BCUT2D eigenvalue weighted by Crippen LogP contribution is -2.23. The van der Waals surface area contributed by atoms with Gasteiger partial charge in [0.05, 0.1) is 4.91 Å². The summed E-state index contributed by atoms with van der Waals surface area (Å²) >= 11 is 1.31. The number of para-hydroxylation sites is 1. The third kappa shape index (κ3) is 4.61. The predicted molar refractivity (Wildman–Crippen MR) is 113 cm³/mol. The van der Waals surface area contributed by atoms with E-state index in [9.17, 15) is 9.59 Å². The number of rotatable bonds is 5. The number of hydrogen-bond donors (Lipinski definition) is 1. The van der Waals surface area contributed by atoms with Crippen molar-refractivity contribution < 1.29 is 14.3 Å². The molecule has 0 unspecified atom stereocenters. The molecule has 1 fully saturated rings. The lowest BCUT2D eigenvalue weighted by atomic mass is 10.2. The third-order valence-electron chi connectivity index (χ3n) is 4.09. The first-order valence-electron chi connectivity index (χ1n) is 8.70. The van der Waals surface area contributed by atoms with Gasteiger partial charge < -0.3 is 10.1 Å². The number of amidine groups is 1. The molecule has 0 bridgehead atoms. The van der Waals surface area contributed by atoms with E-state index in [1.165, 1.54) is 16.7 Å². The van der Waals surface area contributed by atoms with E-state index < -0.39 is 0 Å². The standard InChI is InChI=1S/C21H21N3O3S/c1-14-8-10-16(11-9-14)23-19(25)13-27-17-7-5-4-6-15(17)12-18-20(26)24(3)21(22-2)28-18/h4-12H,13H2,1-3H3,(H,23,25). The number of carbonyl (C=O) groups excluding carboxylic acids is 2. The number of aryl methyl sites for hydroxylation is 1. The number of nitrogens with one attached hydrogen (secondary N) is 1.